The predicted molar refractivity (Wildman–Crippen MR) is 73.1 cm³/mol. The summed E-state index contributed by atoms with van der Waals surface area (Å²) in [7, 11) is 0. The number of aromatic carboxylic acids is 1. The lowest BCUT2D eigenvalue weighted by Crippen LogP contribution is -2.16. The maximum absolute atomic E-state index is 10.8. The van der Waals surface area contributed by atoms with Crippen molar-refractivity contribution in [3.63, 3.8) is 0 Å². The number of benzene rings is 1. The summed E-state index contributed by atoms with van der Waals surface area (Å²) in [6, 6.07) is 9.15. The molecule has 18 heavy (non-hydrogen) atoms. The van der Waals surface area contributed by atoms with Gasteiger partial charge in [0, 0.05) is 6.54 Å². The van der Waals surface area contributed by atoms with E-state index in [9.17, 15) is 4.79 Å². The van der Waals surface area contributed by atoms with Gasteiger partial charge in [0.25, 0.3) is 0 Å². The summed E-state index contributed by atoms with van der Waals surface area (Å²) < 4.78 is 0. The molecule has 94 valence electrons. The molecular weight excluding hydrogens is 246 g/mol. The molecule has 1 aromatic carbocycles. The van der Waals surface area contributed by atoms with Crippen molar-refractivity contribution in [3.8, 4) is 0 Å². The van der Waals surface area contributed by atoms with Crippen LogP contribution in [0.5, 0.6) is 0 Å². The zero-order chi connectivity index (χ0) is 12.8. The number of hydrogen-bond donors (Lipinski definition) is 2. The van der Waals surface area contributed by atoms with Crippen LogP contribution in [-0.2, 0) is 13.0 Å². The number of nitrogens with one attached hydrogen (secondary N) is 1. The van der Waals surface area contributed by atoms with Crippen molar-refractivity contribution >= 4 is 17.3 Å². The summed E-state index contributed by atoms with van der Waals surface area (Å²) in [5, 5.41) is 16.4. The number of carboxylic acids is 1. The fraction of sp³-hybridized carbons (Fsp3) is 0.214. The van der Waals surface area contributed by atoms with E-state index in [1.165, 1.54) is 5.56 Å². The van der Waals surface area contributed by atoms with Gasteiger partial charge in [-0.1, -0.05) is 12.1 Å². The van der Waals surface area contributed by atoms with Crippen LogP contribution < -0.4 is 5.32 Å². The predicted octanol–water partition coefficient (Wildman–Crippen LogP) is 2.78. The lowest BCUT2D eigenvalue weighted by molar-refractivity contribution is 0.0697. The average Bonchev–Trinajstić information content (AvgIpc) is 2.88. The second-order valence-corrected chi connectivity index (χ2v) is 4.84. The Balaban J connectivity index is 1.79. The Morgan fingerprint density at radius 3 is 2.89 bits per heavy atom. The van der Waals surface area contributed by atoms with Gasteiger partial charge in [0.05, 0.1) is 5.56 Å². The van der Waals surface area contributed by atoms with Gasteiger partial charge in [-0.15, -0.1) is 0 Å². The van der Waals surface area contributed by atoms with E-state index in [1.54, 1.807) is 29.5 Å². The number of carboxylic acid groups (broad SMARTS) is 1. The molecule has 1 heterocycles. The van der Waals surface area contributed by atoms with Crippen molar-refractivity contribution < 1.29 is 9.90 Å². The molecule has 0 atom stereocenters. The highest BCUT2D eigenvalue weighted by atomic mass is 32.1. The van der Waals surface area contributed by atoms with Crippen molar-refractivity contribution in [1.29, 1.82) is 0 Å². The van der Waals surface area contributed by atoms with Gasteiger partial charge in [0.15, 0.2) is 0 Å². The number of carbonyl (C=O) groups is 1. The van der Waals surface area contributed by atoms with Gasteiger partial charge in [0.1, 0.15) is 0 Å². The standard InChI is InChI=1S/C14H15NO2S/c16-14(17)13-3-1-2-12(8-13)9-15-6-4-11-5-7-18-10-11/h1-3,5,7-8,10,15H,4,6,9H2,(H,16,17). The summed E-state index contributed by atoms with van der Waals surface area (Å²) in [4.78, 5) is 10.8. The zero-order valence-electron chi connectivity index (χ0n) is 9.93. The quantitative estimate of drug-likeness (QED) is 0.786. The molecule has 0 spiro atoms. The molecule has 1 aromatic heterocycles. The molecule has 4 heteroatoms. The van der Waals surface area contributed by atoms with Gasteiger partial charge in [-0.2, -0.15) is 11.3 Å². The molecule has 2 N–H and O–H groups in total. The third-order valence-corrected chi connectivity index (χ3v) is 3.41. The van der Waals surface area contributed by atoms with Crippen molar-refractivity contribution in [2.24, 2.45) is 0 Å². The minimum Gasteiger partial charge on any atom is -0.478 e. The Labute approximate surface area is 110 Å². The Morgan fingerprint density at radius 2 is 2.17 bits per heavy atom. The minimum absolute atomic E-state index is 0.340. The molecule has 0 aliphatic rings. The minimum atomic E-state index is -0.880. The van der Waals surface area contributed by atoms with Gasteiger partial charge >= 0.3 is 5.97 Å². The third kappa shape index (κ3) is 3.68. The largest absolute Gasteiger partial charge is 0.478 e. The Kier molecular flexibility index (Phi) is 4.50. The van der Waals surface area contributed by atoms with Crippen LogP contribution in [0, 0.1) is 0 Å². The van der Waals surface area contributed by atoms with Crippen molar-refractivity contribution in [3.05, 3.63) is 57.8 Å². The van der Waals surface area contributed by atoms with Crippen molar-refractivity contribution in [2.75, 3.05) is 6.54 Å². The van der Waals surface area contributed by atoms with Crippen LogP contribution in [0.1, 0.15) is 21.5 Å². The lowest BCUT2D eigenvalue weighted by Gasteiger charge is -2.05. The first kappa shape index (κ1) is 12.8. The van der Waals surface area contributed by atoms with E-state index in [0.717, 1.165) is 18.5 Å². The summed E-state index contributed by atoms with van der Waals surface area (Å²) in [6.07, 6.45) is 1.00. The molecule has 0 saturated heterocycles. The van der Waals surface area contributed by atoms with Crippen LogP contribution in [0.15, 0.2) is 41.1 Å². The van der Waals surface area contributed by atoms with Crippen LogP contribution in [-0.4, -0.2) is 17.6 Å². The Morgan fingerprint density at radius 1 is 1.28 bits per heavy atom. The summed E-state index contributed by atoms with van der Waals surface area (Å²) in [6.45, 7) is 1.60. The molecule has 0 aliphatic carbocycles. The van der Waals surface area contributed by atoms with Crippen LogP contribution in [0.4, 0.5) is 0 Å². The van der Waals surface area contributed by atoms with Crippen molar-refractivity contribution in [1.82, 2.24) is 5.32 Å². The lowest BCUT2D eigenvalue weighted by atomic mass is 10.1. The van der Waals surface area contributed by atoms with E-state index < -0.39 is 5.97 Å². The highest BCUT2D eigenvalue weighted by Gasteiger charge is 2.02. The second kappa shape index (κ2) is 6.33. The highest BCUT2D eigenvalue weighted by molar-refractivity contribution is 7.07. The fourth-order valence-corrected chi connectivity index (χ4v) is 2.42. The molecule has 0 unspecified atom stereocenters. The molecule has 0 fully saturated rings. The first-order valence-electron chi connectivity index (χ1n) is 5.80. The number of rotatable bonds is 6. The summed E-state index contributed by atoms with van der Waals surface area (Å²) >= 11 is 1.71. The molecular formula is C14H15NO2S. The number of thiophene rings is 1. The van der Waals surface area contributed by atoms with E-state index >= 15 is 0 Å². The monoisotopic (exact) mass is 261 g/mol. The van der Waals surface area contributed by atoms with Gasteiger partial charge in [-0.3, -0.25) is 0 Å². The van der Waals surface area contributed by atoms with E-state index in [2.05, 4.69) is 22.1 Å². The van der Waals surface area contributed by atoms with E-state index in [0.29, 0.717) is 12.1 Å². The maximum Gasteiger partial charge on any atom is 0.335 e. The smallest absolute Gasteiger partial charge is 0.335 e. The van der Waals surface area contributed by atoms with Crippen LogP contribution in [0.3, 0.4) is 0 Å². The Hall–Kier alpha value is -1.65. The highest BCUT2D eigenvalue weighted by Crippen LogP contribution is 2.07. The molecule has 2 aromatic rings. The molecule has 3 nitrogen and oxygen atoms in total. The summed E-state index contributed by atoms with van der Waals surface area (Å²) in [5.74, 6) is -0.880. The topological polar surface area (TPSA) is 49.3 Å². The second-order valence-electron chi connectivity index (χ2n) is 4.06. The van der Waals surface area contributed by atoms with Gasteiger partial charge < -0.3 is 10.4 Å². The SMILES string of the molecule is O=C(O)c1cccc(CNCCc2ccsc2)c1. The van der Waals surface area contributed by atoms with Crippen LogP contribution in [0.2, 0.25) is 0 Å². The zero-order valence-corrected chi connectivity index (χ0v) is 10.7. The molecule has 0 aliphatic heterocycles. The first-order chi connectivity index (χ1) is 8.75. The summed E-state index contributed by atoms with van der Waals surface area (Å²) in [5.41, 5.74) is 2.68. The maximum atomic E-state index is 10.8. The van der Waals surface area contributed by atoms with Gasteiger partial charge in [-0.25, -0.2) is 4.79 Å². The van der Waals surface area contributed by atoms with Gasteiger partial charge in [-0.05, 0) is 53.1 Å². The van der Waals surface area contributed by atoms with Crippen LogP contribution in [0.25, 0.3) is 0 Å². The molecule has 0 radical (unpaired) electrons. The average molecular weight is 261 g/mol. The van der Waals surface area contributed by atoms with Crippen LogP contribution >= 0.6 is 11.3 Å². The molecule has 0 saturated carbocycles. The van der Waals surface area contributed by atoms with E-state index in [-0.39, 0.29) is 0 Å². The van der Waals surface area contributed by atoms with E-state index in [4.69, 9.17) is 5.11 Å². The van der Waals surface area contributed by atoms with Gasteiger partial charge in [0.2, 0.25) is 0 Å². The number of hydrogen-bond acceptors (Lipinski definition) is 3. The molecule has 2 rings (SSSR count). The van der Waals surface area contributed by atoms with Crippen molar-refractivity contribution in [2.45, 2.75) is 13.0 Å². The Bertz CT molecular complexity index is 508. The normalized spacial score (nSPS) is 10.4. The fourth-order valence-electron chi connectivity index (χ4n) is 1.71. The van der Waals surface area contributed by atoms with E-state index in [1.807, 2.05) is 6.07 Å². The third-order valence-electron chi connectivity index (χ3n) is 2.67. The first-order valence-corrected chi connectivity index (χ1v) is 6.74. The molecule has 0 amide bonds. The molecule has 0 bridgehead atoms.